The fourth-order valence-electron chi connectivity index (χ4n) is 2.25. The van der Waals surface area contributed by atoms with Crippen LogP contribution in [0.1, 0.15) is 23.2 Å². The van der Waals surface area contributed by atoms with E-state index in [1.807, 2.05) is 6.07 Å². The predicted octanol–water partition coefficient (Wildman–Crippen LogP) is 3.05. The molecule has 0 saturated carbocycles. The SMILES string of the molecule is CCOC(=O)Cc1nc2ccc(Br)cn2c1NC(=O)c1ccco1. The number of furan rings is 1. The average molecular weight is 392 g/mol. The summed E-state index contributed by atoms with van der Waals surface area (Å²) in [6.07, 6.45) is 3.13. The first-order chi connectivity index (χ1) is 11.6. The molecule has 3 aromatic rings. The quantitative estimate of drug-likeness (QED) is 0.675. The molecule has 7 nitrogen and oxygen atoms in total. The molecular formula is C16H14BrN3O4. The van der Waals surface area contributed by atoms with E-state index >= 15 is 0 Å². The van der Waals surface area contributed by atoms with Crippen LogP contribution in [-0.4, -0.2) is 27.9 Å². The van der Waals surface area contributed by atoms with Crippen LogP contribution in [-0.2, 0) is 16.0 Å². The molecule has 3 heterocycles. The molecule has 1 amide bonds. The van der Waals surface area contributed by atoms with Crippen molar-refractivity contribution in [2.75, 3.05) is 11.9 Å². The normalized spacial score (nSPS) is 10.8. The van der Waals surface area contributed by atoms with Crippen LogP contribution in [0.4, 0.5) is 5.82 Å². The van der Waals surface area contributed by atoms with Crippen LogP contribution in [0, 0.1) is 0 Å². The third kappa shape index (κ3) is 3.33. The van der Waals surface area contributed by atoms with Gasteiger partial charge in [0, 0.05) is 10.7 Å². The second-order valence-corrected chi connectivity index (χ2v) is 5.81. The van der Waals surface area contributed by atoms with Crippen LogP contribution in [0.15, 0.2) is 45.6 Å². The largest absolute Gasteiger partial charge is 0.466 e. The smallest absolute Gasteiger partial charge is 0.312 e. The van der Waals surface area contributed by atoms with Crippen molar-refractivity contribution < 1.29 is 18.7 Å². The van der Waals surface area contributed by atoms with Crippen molar-refractivity contribution in [1.29, 1.82) is 0 Å². The highest BCUT2D eigenvalue weighted by Gasteiger charge is 2.20. The van der Waals surface area contributed by atoms with Crippen LogP contribution >= 0.6 is 15.9 Å². The number of rotatable bonds is 5. The van der Waals surface area contributed by atoms with Gasteiger partial charge in [0.15, 0.2) is 5.76 Å². The lowest BCUT2D eigenvalue weighted by molar-refractivity contribution is -0.142. The molecule has 0 aliphatic carbocycles. The lowest BCUT2D eigenvalue weighted by Gasteiger charge is -2.06. The van der Waals surface area contributed by atoms with E-state index in [2.05, 4.69) is 26.2 Å². The summed E-state index contributed by atoms with van der Waals surface area (Å²) in [6.45, 7) is 2.02. The Bertz CT molecular complexity index is 886. The van der Waals surface area contributed by atoms with Gasteiger partial charge in [0.2, 0.25) is 0 Å². The second-order valence-electron chi connectivity index (χ2n) is 4.90. The van der Waals surface area contributed by atoms with E-state index < -0.39 is 11.9 Å². The van der Waals surface area contributed by atoms with Crippen molar-refractivity contribution in [3.63, 3.8) is 0 Å². The lowest BCUT2D eigenvalue weighted by atomic mass is 10.3. The number of anilines is 1. The van der Waals surface area contributed by atoms with Gasteiger partial charge >= 0.3 is 5.97 Å². The Kier molecular flexibility index (Phi) is 4.66. The first-order valence-corrected chi connectivity index (χ1v) is 8.04. The molecule has 24 heavy (non-hydrogen) atoms. The summed E-state index contributed by atoms with van der Waals surface area (Å²) >= 11 is 3.39. The molecule has 1 N–H and O–H groups in total. The maximum absolute atomic E-state index is 12.3. The molecule has 0 bridgehead atoms. The third-order valence-corrected chi connectivity index (χ3v) is 3.72. The maximum Gasteiger partial charge on any atom is 0.312 e. The number of pyridine rings is 1. The molecule has 0 aliphatic rings. The molecule has 124 valence electrons. The van der Waals surface area contributed by atoms with Gasteiger partial charge in [0.05, 0.1) is 25.0 Å². The number of carbonyl (C=O) groups excluding carboxylic acids is 2. The molecule has 0 fully saturated rings. The highest BCUT2D eigenvalue weighted by atomic mass is 79.9. The molecule has 3 rings (SSSR count). The fourth-order valence-corrected chi connectivity index (χ4v) is 2.59. The number of fused-ring (bicyclic) bond motifs is 1. The molecule has 8 heteroatoms. The van der Waals surface area contributed by atoms with Gasteiger partial charge in [-0.1, -0.05) is 0 Å². The van der Waals surface area contributed by atoms with Crippen molar-refractivity contribution in [2.24, 2.45) is 0 Å². The van der Waals surface area contributed by atoms with E-state index in [0.29, 0.717) is 17.2 Å². The first kappa shape index (κ1) is 16.3. The zero-order valence-electron chi connectivity index (χ0n) is 12.8. The molecular weight excluding hydrogens is 378 g/mol. The number of aromatic nitrogens is 2. The van der Waals surface area contributed by atoms with Gasteiger partial charge < -0.3 is 14.5 Å². The van der Waals surface area contributed by atoms with Crippen LogP contribution in [0.3, 0.4) is 0 Å². The van der Waals surface area contributed by atoms with Crippen molar-refractivity contribution in [3.05, 3.63) is 52.7 Å². The monoisotopic (exact) mass is 391 g/mol. The van der Waals surface area contributed by atoms with Crippen molar-refractivity contribution in [3.8, 4) is 0 Å². The van der Waals surface area contributed by atoms with Crippen LogP contribution in [0.25, 0.3) is 5.65 Å². The van der Waals surface area contributed by atoms with Crippen molar-refractivity contribution in [1.82, 2.24) is 9.38 Å². The Balaban J connectivity index is 2.00. The number of ether oxygens (including phenoxy) is 1. The molecule has 0 aromatic carbocycles. The third-order valence-electron chi connectivity index (χ3n) is 3.25. The second kappa shape index (κ2) is 6.88. The summed E-state index contributed by atoms with van der Waals surface area (Å²) in [5, 5.41) is 2.75. The summed E-state index contributed by atoms with van der Waals surface area (Å²) in [5.41, 5.74) is 1.03. The Morgan fingerprint density at radius 2 is 2.21 bits per heavy atom. The van der Waals surface area contributed by atoms with Crippen molar-refractivity contribution >= 4 is 39.3 Å². The number of hydrogen-bond acceptors (Lipinski definition) is 5. The molecule has 0 aliphatic heterocycles. The predicted molar refractivity (Wildman–Crippen MR) is 89.9 cm³/mol. The first-order valence-electron chi connectivity index (χ1n) is 7.25. The average Bonchev–Trinajstić information content (AvgIpc) is 3.17. The standard InChI is InChI=1S/C16H14BrN3O4/c1-2-23-14(21)8-11-15(19-16(22)12-4-3-7-24-12)20-9-10(17)5-6-13(20)18-11/h3-7,9H,2,8H2,1H3,(H,19,22). The van der Waals surface area contributed by atoms with Crippen molar-refractivity contribution in [2.45, 2.75) is 13.3 Å². The van der Waals surface area contributed by atoms with Crippen LogP contribution in [0.2, 0.25) is 0 Å². The van der Waals surface area contributed by atoms with E-state index in [1.54, 1.807) is 35.7 Å². The number of amides is 1. The number of esters is 1. The Labute approximate surface area is 145 Å². The maximum atomic E-state index is 12.3. The Hall–Kier alpha value is -2.61. The zero-order valence-corrected chi connectivity index (χ0v) is 14.4. The van der Waals surface area contributed by atoms with Crippen LogP contribution < -0.4 is 5.32 Å². The number of carbonyl (C=O) groups is 2. The van der Waals surface area contributed by atoms with Gasteiger partial charge in [-0.25, -0.2) is 4.98 Å². The lowest BCUT2D eigenvalue weighted by Crippen LogP contribution is -2.16. The molecule has 0 radical (unpaired) electrons. The summed E-state index contributed by atoms with van der Waals surface area (Å²) in [5.74, 6) is -0.261. The highest BCUT2D eigenvalue weighted by Crippen LogP contribution is 2.23. The van der Waals surface area contributed by atoms with Gasteiger partial charge in [-0.15, -0.1) is 0 Å². The zero-order chi connectivity index (χ0) is 17.1. The molecule has 3 aromatic heterocycles. The highest BCUT2D eigenvalue weighted by molar-refractivity contribution is 9.10. The summed E-state index contributed by atoms with van der Waals surface area (Å²) in [6, 6.07) is 6.79. The van der Waals surface area contributed by atoms with Gasteiger partial charge in [-0.05, 0) is 47.1 Å². The van der Waals surface area contributed by atoms with Crippen LogP contribution in [0.5, 0.6) is 0 Å². The molecule has 0 unspecified atom stereocenters. The van der Waals surface area contributed by atoms with E-state index in [1.165, 1.54) is 6.26 Å². The Morgan fingerprint density at radius 3 is 2.92 bits per heavy atom. The number of imidazole rings is 1. The topological polar surface area (TPSA) is 85.8 Å². The number of nitrogens with one attached hydrogen (secondary N) is 1. The minimum atomic E-state index is -0.424. The molecule has 0 saturated heterocycles. The van der Waals surface area contributed by atoms with Gasteiger partial charge in [-0.2, -0.15) is 0 Å². The van der Waals surface area contributed by atoms with E-state index in [4.69, 9.17) is 9.15 Å². The van der Waals surface area contributed by atoms with E-state index in [9.17, 15) is 9.59 Å². The van der Waals surface area contributed by atoms with Gasteiger partial charge in [0.1, 0.15) is 11.5 Å². The summed E-state index contributed by atoms with van der Waals surface area (Å²) in [4.78, 5) is 28.5. The number of hydrogen-bond donors (Lipinski definition) is 1. The van der Waals surface area contributed by atoms with E-state index in [0.717, 1.165) is 4.47 Å². The summed E-state index contributed by atoms with van der Waals surface area (Å²) < 4.78 is 12.6. The summed E-state index contributed by atoms with van der Waals surface area (Å²) in [7, 11) is 0. The van der Waals surface area contributed by atoms with Gasteiger partial charge in [0.25, 0.3) is 5.91 Å². The van der Waals surface area contributed by atoms with Gasteiger partial charge in [-0.3, -0.25) is 14.0 Å². The van der Waals surface area contributed by atoms with E-state index in [-0.39, 0.29) is 18.8 Å². The minimum Gasteiger partial charge on any atom is -0.466 e. The molecule has 0 atom stereocenters. The number of halogens is 1. The molecule has 0 spiro atoms. The fraction of sp³-hybridized carbons (Fsp3) is 0.188. The Morgan fingerprint density at radius 1 is 1.38 bits per heavy atom. The minimum absolute atomic E-state index is 0.0408. The number of nitrogens with zero attached hydrogens (tertiary/aromatic N) is 2.